The maximum atomic E-state index is 13.7. The molecule has 2 rings (SSSR count). The number of ether oxygens (including phenoxy) is 1. The standard InChI is InChI=1S/C14H12BrClFNO/c1-18-8-10-11(16)3-2-4-13(10)19-14-7-9(15)5-6-12(14)17/h2-7,18H,8H2,1H3. The predicted octanol–water partition coefficient (Wildman–Crippen LogP) is 4.75. The van der Waals surface area contributed by atoms with Crippen LogP contribution in [-0.2, 0) is 6.54 Å². The number of nitrogens with one attached hydrogen (secondary N) is 1. The number of hydrogen-bond donors (Lipinski definition) is 1. The molecule has 0 spiro atoms. The molecule has 1 N–H and O–H groups in total. The van der Waals surface area contributed by atoms with E-state index in [1.54, 1.807) is 30.3 Å². The van der Waals surface area contributed by atoms with Gasteiger partial charge in [-0.25, -0.2) is 4.39 Å². The van der Waals surface area contributed by atoms with Gasteiger partial charge in [-0.3, -0.25) is 0 Å². The van der Waals surface area contributed by atoms with E-state index in [4.69, 9.17) is 16.3 Å². The van der Waals surface area contributed by atoms with Gasteiger partial charge in [-0.05, 0) is 37.4 Å². The minimum Gasteiger partial charge on any atom is -0.454 e. The van der Waals surface area contributed by atoms with E-state index in [9.17, 15) is 4.39 Å². The lowest BCUT2D eigenvalue weighted by Crippen LogP contribution is -2.07. The fourth-order valence-electron chi connectivity index (χ4n) is 1.66. The molecule has 0 heterocycles. The first-order valence-corrected chi connectivity index (χ1v) is 6.84. The van der Waals surface area contributed by atoms with Gasteiger partial charge in [0, 0.05) is 21.6 Å². The molecule has 100 valence electrons. The third kappa shape index (κ3) is 3.47. The minimum atomic E-state index is -0.418. The Labute approximate surface area is 124 Å². The molecule has 0 aliphatic carbocycles. The maximum absolute atomic E-state index is 13.7. The predicted molar refractivity (Wildman–Crippen MR) is 78.4 cm³/mol. The van der Waals surface area contributed by atoms with Crippen molar-refractivity contribution in [2.45, 2.75) is 6.54 Å². The highest BCUT2D eigenvalue weighted by atomic mass is 79.9. The van der Waals surface area contributed by atoms with Crippen molar-refractivity contribution in [2.75, 3.05) is 7.05 Å². The zero-order valence-electron chi connectivity index (χ0n) is 10.2. The van der Waals surface area contributed by atoms with Crippen LogP contribution >= 0.6 is 27.5 Å². The third-order valence-electron chi connectivity index (χ3n) is 2.54. The van der Waals surface area contributed by atoms with Crippen LogP contribution in [0, 0.1) is 5.82 Å². The first-order chi connectivity index (χ1) is 9.11. The van der Waals surface area contributed by atoms with Crippen LogP contribution in [0.5, 0.6) is 11.5 Å². The summed E-state index contributed by atoms with van der Waals surface area (Å²) in [4.78, 5) is 0. The second kappa shape index (κ2) is 6.37. The molecule has 0 aliphatic heterocycles. The summed E-state index contributed by atoms with van der Waals surface area (Å²) >= 11 is 9.41. The van der Waals surface area contributed by atoms with Crippen LogP contribution in [0.3, 0.4) is 0 Å². The Bertz CT molecular complexity index is 592. The van der Waals surface area contributed by atoms with Gasteiger partial charge in [0.25, 0.3) is 0 Å². The van der Waals surface area contributed by atoms with Crippen LogP contribution in [0.25, 0.3) is 0 Å². The third-order valence-corrected chi connectivity index (χ3v) is 3.39. The van der Waals surface area contributed by atoms with Crippen molar-refractivity contribution in [1.29, 1.82) is 0 Å². The van der Waals surface area contributed by atoms with E-state index in [0.717, 1.165) is 10.0 Å². The van der Waals surface area contributed by atoms with Crippen molar-refractivity contribution < 1.29 is 9.13 Å². The average molecular weight is 345 g/mol. The lowest BCUT2D eigenvalue weighted by atomic mass is 10.2. The zero-order valence-corrected chi connectivity index (χ0v) is 12.6. The smallest absolute Gasteiger partial charge is 0.165 e. The van der Waals surface area contributed by atoms with Crippen molar-refractivity contribution in [2.24, 2.45) is 0 Å². The Balaban J connectivity index is 2.37. The zero-order chi connectivity index (χ0) is 13.8. The van der Waals surface area contributed by atoms with Gasteiger partial charge in [0.15, 0.2) is 11.6 Å². The summed E-state index contributed by atoms with van der Waals surface area (Å²) in [6.45, 7) is 0.546. The second-order valence-corrected chi connectivity index (χ2v) is 5.25. The van der Waals surface area contributed by atoms with Crippen LogP contribution in [0.2, 0.25) is 5.02 Å². The Morgan fingerprint density at radius 3 is 2.79 bits per heavy atom. The summed E-state index contributed by atoms with van der Waals surface area (Å²) < 4.78 is 20.1. The number of rotatable bonds is 4. The normalized spacial score (nSPS) is 10.5. The van der Waals surface area contributed by atoms with Crippen LogP contribution in [0.4, 0.5) is 4.39 Å². The first-order valence-electron chi connectivity index (χ1n) is 5.66. The highest BCUT2D eigenvalue weighted by Gasteiger charge is 2.11. The first kappa shape index (κ1) is 14.3. The topological polar surface area (TPSA) is 21.3 Å². The van der Waals surface area contributed by atoms with Crippen LogP contribution < -0.4 is 10.1 Å². The maximum Gasteiger partial charge on any atom is 0.165 e. The molecule has 0 radical (unpaired) electrons. The number of hydrogen-bond acceptors (Lipinski definition) is 2. The molecule has 0 bridgehead atoms. The number of halogens is 3. The lowest BCUT2D eigenvalue weighted by Gasteiger charge is -2.13. The molecule has 0 aromatic heterocycles. The van der Waals surface area contributed by atoms with E-state index in [0.29, 0.717) is 17.3 Å². The van der Waals surface area contributed by atoms with Gasteiger partial charge < -0.3 is 10.1 Å². The van der Waals surface area contributed by atoms with E-state index in [1.807, 2.05) is 7.05 Å². The number of benzene rings is 2. The van der Waals surface area contributed by atoms with Gasteiger partial charge in [-0.15, -0.1) is 0 Å². The van der Waals surface area contributed by atoms with Crippen molar-refractivity contribution in [1.82, 2.24) is 5.32 Å². The highest BCUT2D eigenvalue weighted by Crippen LogP contribution is 2.32. The van der Waals surface area contributed by atoms with E-state index in [-0.39, 0.29) is 5.75 Å². The molecule has 0 saturated heterocycles. The molecular weight excluding hydrogens is 333 g/mol. The van der Waals surface area contributed by atoms with Gasteiger partial charge in [-0.2, -0.15) is 0 Å². The van der Waals surface area contributed by atoms with Crippen molar-refractivity contribution in [3.8, 4) is 11.5 Å². The van der Waals surface area contributed by atoms with Gasteiger partial charge in [-0.1, -0.05) is 33.6 Å². The fourth-order valence-corrected chi connectivity index (χ4v) is 2.23. The van der Waals surface area contributed by atoms with Crippen LogP contribution in [-0.4, -0.2) is 7.05 Å². The molecule has 0 atom stereocenters. The summed E-state index contributed by atoms with van der Waals surface area (Å²) in [6.07, 6.45) is 0. The summed E-state index contributed by atoms with van der Waals surface area (Å²) in [5, 5.41) is 3.59. The van der Waals surface area contributed by atoms with E-state index in [2.05, 4.69) is 21.2 Å². The average Bonchev–Trinajstić information content (AvgIpc) is 2.38. The molecule has 2 nitrogen and oxygen atoms in total. The summed E-state index contributed by atoms with van der Waals surface area (Å²) in [7, 11) is 1.81. The van der Waals surface area contributed by atoms with Crippen LogP contribution in [0.15, 0.2) is 40.9 Å². The molecule has 5 heteroatoms. The molecule has 0 aliphatic rings. The molecule has 19 heavy (non-hydrogen) atoms. The van der Waals surface area contributed by atoms with Gasteiger partial charge in [0.05, 0.1) is 0 Å². The van der Waals surface area contributed by atoms with Crippen molar-refractivity contribution >= 4 is 27.5 Å². The van der Waals surface area contributed by atoms with Crippen molar-refractivity contribution in [3.63, 3.8) is 0 Å². The minimum absolute atomic E-state index is 0.161. The molecular formula is C14H12BrClFNO. The van der Waals surface area contributed by atoms with Gasteiger partial charge >= 0.3 is 0 Å². The Kier molecular flexibility index (Phi) is 4.80. The van der Waals surface area contributed by atoms with Gasteiger partial charge in [0.1, 0.15) is 5.75 Å². The van der Waals surface area contributed by atoms with Gasteiger partial charge in [0.2, 0.25) is 0 Å². The Hall–Kier alpha value is -1.10. The van der Waals surface area contributed by atoms with E-state index < -0.39 is 5.82 Å². The quantitative estimate of drug-likeness (QED) is 0.864. The SMILES string of the molecule is CNCc1c(Cl)cccc1Oc1cc(Br)ccc1F. The fraction of sp³-hybridized carbons (Fsp3) is 0.143. The largest absolute Gasteiger partial charge is 0.454 e. The molecule has 0 fully saturated rings. The summed E-state index contributed by atoms with van der Waals surface area (Å²) in [6, 6.07) is 9.86. The molecule has 0 amide bonds. The molecule has 0 unspecified atom stereocenters. The second-order valence-electron chi connectivity index (χ2n) is 3.92. The highest BCUT2D eigenvalue weighted by molar-refractivity contribution is 9.10. The van der Waals surface area contributed by atoms with E-state index in [1.165, 1.54) is 6.07 Å². The molecule has 0 saturated carbocycles. The molecule has 2 aromatic rings. The van der Waals surface area contributed by atoms with Crippen LogP contribution in [0.1, 0.15) is 5.56 Å². The Morgan fingerprint density at radius 2 is 2.05 bits per heavy atom. The van der Waals surface area contributed by atoms with E-state index >= 15 is 0 Å². The lowest BCUT2D eigenvalue weighted by molar-refractivity contribution is 0.436. The Morgan fingerprint density at radius 1 is 1.26 bits per heavy atom. The molecule has 2 aromatic carbocycles. The monoisotopic (exact) mass is 343 g/mol. The van der Waals surface area contributed by atoms with Crippen molar-refractivity contribution in [3.05, 3.63) is 57.3 Å². The summed E-state index contributed by atoms with van der Waals surface area (Å²) in [5.74, 6) is 0.284. The summed E-state index contributed by atoms with van der Waals surface area (Å²) in [5.41, 5.74) is 0.797.